The predicted molar refractivity (Wildman–Crippen MR) is 44.2 cm³/mol. The van der Waals surface area contributed by atoms with E-state index in [-0.39, 0.29) is 0 Å². The third-order valence-corrected chi connectivity index (χ3v) is 2.42. The summed E-state index contributed by atoms with van der Waals surface area (Å²) >= 11 is 0. The van der Waals surface area contributed by atoms with E-state index in [1.165, 1.54) is 34.6 Å². The van der Waals surface area contributed by atoms with Crippen LogP contribution in [0.15, 0.2) is 0 Å². The van der Waals surface area contributed by atoms with Gasteiger partial charge in [-0.1, -0.05) is 19.0 Å². The summed E-state index contributed by atoms with van der Waals surface area (Å²) in [7, 11) is 5.46. The van der Waals surface area contributed by atoms with Crippen molar-refractivity contribution in [3.63, 3.8) is 0 Å². The largest absolute Gasteiger partial charge is 0.309 e. The number of rotatable bonds is 5. The van der Waals surface area contributed by atoms with Gasteiger partial charge in [0.2, 0.25) is 0 Å². The number of hydrogen-bond acceptors (Lipinski definition) is 1. The minimum Gasteiger partial charge on any atom is -0.309 e. The van der Waals surface area contributed by atoms with E-state index in [0.29, 0.717) is 0 Å². The molecule has 0 unspecified atom stereocenters. The van der Waals surface area contributed by atoms with E-state index in [0.717, 1.165) is 0 Å². The Labute approximate surface area is 61.3 Å². The van der Waals surface area contributed by atoms with Crippen LogP contribution in [0.1, 0.15) is 13.3 Å². The third kappa shape index (κ3) is 8.18. The number of nitrogens with zero attached hydrogens (tertiary/aromatic N) is 1. The van der Waals surface area contributed by atoms with Crippen LogP contribution in [0.2, 0.25) is 12.1 Å². The van der Waals surface area contributed by atoms with Crippen molar-refractivity contribution in [1.29, 1.82) is 0 Å². The van der Waals surface area contributed by atoms with E-state index in [4.69, 9.17) is 0 Å². The van der Waals surface area contributed by atoms with Crippen LogP contribution in [-0.2, 0) is 0 Å². The van der Waals surface area contributed by atoms with Crippen molar-refractivity contribution in [2.75, 3.05) is 20.6 Å². The van der Waals surface area contributed by atoms with Crippen molar-refractivity contribution in [3.8, 4) is 0 Å². The Hall–Kier alpha value is 0.177. The zero-order valence-corrected chi connectivity index (χ0v) is 7.78. The Morgan fingerprint density at radius 1 is 1.33 bits per heavy atom. The maximum Gasteiger partial charge on any atom is 0.0375 e. The molecule has 0 saturated carbocycles. The Kier molecular flexibility index (Phi) is 6.42. The normalized spacial score (nSPS) is 10.7. The molecule has 0 amide bonds. The van der Waals surface area contributed by atoms with Crippen molar-refractivity contribution >= 4 is 9.52 Å². The van der Waals surface area contributed by atoms with Crippen LogP contribution in [0.3, 0.4) is 0 Å². The second-order valence-corrected chi connectivity index (χ2v) is 4.22. The molecule has 2 radical (unpaired) electrons. The molecule has 0 bridgehead atoms. The Morgan fingerprint density at radius 2 is 2.00 bits per heavy atom. The SMILES string of the molecule is CC[Si]CCCN(C)C. The summed E-state index contributed by atoms with van der Waals surface area (Å²) in [5.74, 6) is 0. The maximum absolute atomic E-state index is 2.26. The Balaban J connectivity index is 2.75. The van der Waals surface area contributed by atoms with E-state index in [1.807, 2.05) is 0 Å². The second-order valence-electron chi connectivity index (χ2n) is 2.51. The van der Waals surface area contributed by atoms with Gasteiger partial charge in [-0.25, -0.2) is 0 Å². The monoisotopic (exact) mass is 143 g/mol. The molecule has 0 aromatic heterocycles. The summed E-state index contributed by atoms with van der Waals surface area (Å²) in [5.41, 5.74) is 0. The quantitative estimate of drug-likeness (QED) is 0.416. The zero-order chi connectivity index (χ0) is 7.11. The second kappa shape index (κ2) is 6.30. The standard InChI is InChI=1S/C7H17NSi/c1-4-9-7-5-6-8(2)3/h4-7H2,1-3H3. The van der Waals surface area contributed by atoms with Gasteiger partial charge in [0.1, 0.15) is 0 Å². The topological polar surface area (TPSA) is 3.24 Å². The van der Waals surface area contributed by atoms with Crippen LogP contribution >= 0.6 is 0 Å². The molecule has 1 nitrogen and oxygen atoms in total. The first-order chi connectivity index (χ1) is 4.27. The molecule has 0 rings (SSSR count). The van der Waals surface area contributed by atoms with Crippen molar-refractivity contribution in [2.24, 2.45) is 0 Å². The summed E-state index contributed by atoms with van der Waals surface area (Å²) in [5, 5.41) is 0. The van der Waals surface area contributed by atoms with Crippen LogP contribution in [0.25, 0.3) is 0 Å². The van der Waals surface area contributed by atoms with Gasteiger partial charge < -0.3 is 4.90 Å². The highest BCUT2D eigenvalue weighted by molar-refractivity contribution is 6.35. The summed E-state index contributed by atoms with van der Waals surface area (Å²) in [4.78, 5) is 2.25. The molecule has 0 aliphatic heterocycles. The molecule has 9 heavy (non-hydrogen) atoms. The smallest absolute Gasteiger partial charge is 0.0375 e. The summed E-state index contributed by atoms with van der Waals surface area (Å²) in [6, 6.07) is 2.79. The Bertz CT molecular complexity index is 54.9. The van der Waals surface area contributed by atoms with Crippen LogP contribution in [0.4, 0.5) is 0 Å². The molecule has 0 atom stereocenters. The third-order valence-electron chi connectivity index (χ3n) is 1.21. The van der Waals surface area contributed by atoms with Crippen LogP contribution in [0, 0.1) is 0 Å². The van der Waals surface area contributed by atoms with Crippen molar-refractivity contribution in [1.82, 2.24) is 4.90 Å². The highest BCUT2D eigenvalue weighted by Crippen LogP contribution is 1.91. The molecule has 0 aliphatic carbocycles. The first-order valence-corrected chi connectivity index (χ1v) is 5.04. The van der Waals surface area contributed by atoms with Crippen LogP contribution in [-0.4, -0.2) is 35.1 Å². The molecule has 0 aliphatic rings. The van der Waals surface area contributed by atoms with Crippen molar-refractivity contribution in [2.45, 2.75) is 25.4 Å². The first kappa shape index (κ1) is 9.18. The van der Waals surface area contributed by atoms with E-state index in [1.54, 1.807) is 0 Å². The molecular formula is C7H17NSi. The summed E-state index contributed by atoms with van der Waals surface area (Å²) in [6.07, 6.45) is 1.37. The van der Waals surface area contributed by atoms with Gasteiger partial charge in [0, 0.05) is 9.52 Å². The molecular weight excluding hydrogens is 126 g/mol. The van der Waals surface area contributed by atoms with Gasteiger partial charge in [0.15, 0.2) is 0 Å². The van der Waals surface area contributed by atoms with E-state index in [2.05, 4.69) is 25.9 Å². The molecule has 0 fully saturated rings. The van der Waals surface area contributed by atoms with Crippen molar-refractivity contribution < 1.29 is 0 Å². The van der Waals surface area contributed by atoms with Gasteiger partial charge in [-0.2, -0.15) is 0 Å². The van der Waals surface area contributed by atoms with Gasteiger partial charge in [-0.05, 0) is 27.1 Å². The molecule has 2 heteroatoms. The van der Waals surface area contributed by atoms with Gasteiger partial charge in [0.25, 0.3) is 0 Å². The van der Waals surface area contributed by atoms with E-state index >= 15 is 0 Å². The Morgan fingerprint density at radius 3 is 2.44 bits per heavy atom. The highest BCUT2D eigenvalue weighted by atomic mass is 28.2. The van der Waals surface area contributed by atoms with Crippen molar-refractivity contribution in [3.05, 3.63) is 0 Å². The lowest BCUT2D eigenvalue weighted by atomic mass is 10.5. The molecule has 0 N–H and O–H groups in total. The van der Waals surface area contributed by atoms with Crippen LogP contribution < -0.4 is 0 Å². The molecule has 0 heterocycles. The highest BCUT2D eigenvalue weighted by Gasteiger charge is 1.89. The lowest BCUT2D eigenvalue weighted by molar-refractivity contribution is 0.408. The zero-order valence-electron chi connectivity index (χ0n) is 6.78. The minimum absolute atomic E-state index is 1.19. The molecule has 0 saturated heterocycles. The van der Waals surface area contributed by atoms with Gasteiger partial charge in [-0.3, -0.25) is 0 Å². The first-order valence-electron chi connectivity index (χ1n) is 3.62. The fraction of sp³-hybridized carbons (Fsp3) is 1.00. The average molecular weight is 143 g/mol. The molecule has 0 aromatic rings. The summed E-state index contributed by atoms with van der Waals surface area (Å²) < 4.78 is 0. The number of hydrogen-bond donors (Lipinski definition) is 0. The van der Waals surface area contributed by atoms with Gasteiger partial charge >= 0.3 is 0 Å². The fourth-order valence-corrected chi connectivity index (χ4v) is 1.46. The van der Waals surface area contributed by atoms with Gasteiger partial charge in [-0.15, -0.1) is 0 Å². The fourth-order valence-electron chi connectivity index (χ4n) is 0.697. The predicted octanol–water partition coefficient (Wildman–Crippen LogP) is 1.50. The van der Waals surface area contributed by atoms with E-state index < -0.39 is 0 Å². The average Bonchev–Trinajstić information content (AvgIpc) is 1.80. The van der Waals surface area contributed by atoms with Crippen LogP contribution in [0.5, 0.6) is 0 Å². The lowest BCUT2D eigenvalue weighted by Crippen LogP contribution is -2.13. The summed E-state index contributed by atoms with van der Waals surface area (Å²) in [6.45, 7) is 3.51. The minimum atomic E-state index is 1.19. The maximum atomic E-state index is 2.26. The molecule has 0 spiro atoms. The van der Waals surface area contributed by atoms with E-state index in [9.17, 15) is 0 Å². The molecule has 54 valence electrons. The van der Waals surface area contributed by atoms with Gasteiger partial charge in [0.05, 0.1) is 0 Å². The molecule has 0 aromatic carbocycles. The lowest BCUT2D eigenvalue weighted by Gasteiger charge is -2.07.